The third-order valence-corrected chi connectivity index (χ3v) is 16.3. The Kier molecular flexibility index (Phi) is 68.1. The summed E-state index contributed by atoms with van der Waals surface area (Å²) >= 11 is 0. The molecule has 82 heavy (non-hydrogen) atoms. The molecular weight excluding hydrogens is 1010 g/mol. The largest absolute Gasteiger partial charge is 0.462 e. The molecule has 0 rings (SSSR count). The van der Waals surface area contributed by atoms with E-state index in [1.807, 2.05) is 0 Å². The van der Waals surface area contributed by atoms with Gasteiger partial charge in [-0.3, -0.25) is 14.4 Å². The number of esters is 3. The molecule has 0 aromatic rings. The van der Waals surface area contributed by atoms with Gasteiger partial charge < -0.3 is 14.2 Å². The fourth-order valence-electron chi connectivity index (χ4n) is 10.9. The SMILES string of the molecule is CC/C=C\C/C=C\C/C=C\C/C=C\C/C=C\CCCCCCCCCCCCCC(=O)OC(COC(=O)CCCCCCC)COC(=O)CCCCCCCCCCCCCCCCCCCCCCCCCCCCCCCCCC. The van der Waals surface area contributed by atoms with Crippen molar-refractivity contribution >= 4 is 17.9 Å². The molecule has 0 bridgehead atoms. The summed E-state index contributed by atoms with van der Waals surface area (Å²) in [5, 5.41) is 0. The van der Waals surface area contributed by atoms with E-state index in [4.69, 9.17) is 14.2 Å². The molecule has 0 aliphatic heterocycles. The van der Waals surface area contributed by atoms with Crippen LogP contribution in [0.15, 0.2) is 60.8 Å². The number of carbonyl (C=O) groups is 3. The quantitative estimate of drug-likeness (QED) is 0.0261. The number of allylic oxidation sites excluding steroid dienone is 10. The highest BCUT2D eigenvalue weighted by molar-refractivity contribution is 5.71. The monoisotopic (exact) mass is 1150 g/mol. The Hall–Kier alpha value is -2.89. The standard InChI is InChI=1S/C76H138O6/c1-4-7-10-13-15-17-19-21-23-25-27-29-31-33-35-36-37-38-39-41-42-44-46-48-50-52-54-56-58-60-63-66-69-75(78)81-72-73(71-80-74(77)68-65-62-12-9-6-3)82-76(79)70-67-64-61-59-57-55-53-51-49-47-45-43-40-34-32-30-28-26-24-22-20-18-16-14-11-8-5-2/h8,11,16,18,22,24,28,30,34,40,73H,4-7,9-10,12-15,17,19-21,23,25-27,29,31-33,35-39,41-72H2,1-3H3/b11-8-,18-16-,24-22-,30-28-,40-34-. The van der Waals surface area contributed by atoms with Crippen molar-refractivity contribution in [3.05, 3.63) is 60.8 Å². The van der Waals surface area contributed by atoms with Crippen LogP contribution in [0.5, 0.6) is 0 Å². The molecule has 0 fully saturated rings. The summed E-state index contributed by atoms with van der Waals surface area (Å²) < 4.78 is 16.8. The first-order chi connectivity index (χ1) is 40.5. The summed E-state index contributed by atoms with van der Waals surface area (Å²) in [7, 11) is 0. The predicted molar refractivity (Wildman–Crippen MR) is 358 cm³/mol. The van der Waals surface area contributed by atoms with Gasteiger partial charge in [-0.05, 0) is 64.2 Å². The van der Waals surface area contributed by atoms with Gasteiger partial charge in [0.2, 0.25) is 0 Å². The predicted octanol–water partition coefficient (Wildman–Crippen LogP) is 25.1. The normalized spacial score (nSPS) is 12.4. The Labute approximate surface area is 510 Å². The van der Waals surface area contributed by atoms with Crippen molar-refractivity contribution in [3.8, 4) is 0 Å². The maximum absolute atomic E-state index is 12.9. The van der Waals surface area contributed by atoms with Crippen LogP contribution in [0.1, 0.15) is 387 Å². The number of carbonyl (C=O) groups excluding carboxylic acids is 3. The lowest BCUT2D eigenvalue weighted by molar-refractivity contribution is -0.167. The van der Waals surface area contributed by atoms with E-state index in [-0.39, 0.29) is 31.1 Å². The van der Waals surface area contributed by atoms with Gasteiger partial charge >= 0.3 is 17.9 Å². The van der Waals surface area contributed by atoms with Gasteiger partial charge in [-0.1, -0.05) is 364 Å². The van der Waals surface area contributed by atoms with Crippen LogP contribution in [-0.4, -0.2) is 37.2 Å². The third kappa shape index (κ3) is 67.9. The van der Waals surface area contributed by atoms with Gasteiger partial charge in [0.05, 0.1) is 0 Å². The smallest absolute Gasteiger partial charge is 0.306 e. The van der Waals surface area contributed by atoms with Crippen molar-refractivity contribution in [1.82, 2.24) is 0 Å². The first-order valence-corrected chi connectivity index (χ1v) is 36.3. The van der Waals surface area contributed by atoms with Crippen molar-refractivity contribution in [3.63, 3.8) is 0 Å². The lowest BCUT2D eigenvalue weighted by atomic mass is 10.0. The van der Waals surface area contributed by atoms with E-state index in [1.165, 1.54) is 250 Å². The molecule has 0 radical (unpaired) electrons. The highest BCUT2D eigenvalue weighted by atomic mass is 16.6. The molecule has 0 aliphatic carbocycles. The van der Waals surface area contributed by atoms with Crippen LogP contribution in [0.25, 0.3) is 0 Å². The first kappa shape index (κ1) is 79.1. The van der Waals surface area contributed by atoms with Crippen LogP contribution in [0.4, 0.5) is 0 Å². The Balaban J connectivity index is 3.92. The highest BCUT2D eigenvalue weighted by Crippen LogP contribution is 2.19. The first-order valence-electron chi connectivity index (χ1n) is 36.3. The minimum Gasteiger partial charge on any atom is -0.462 e. The van der Waals surface area contributed by atoms with Gasteiger partial charge in [-0.25, -0.2) is 0 Å². The number of hydrogen-bond donors (Lipinski definition) is 0. The van der Waals surface area contributed by atoms with Crippen molar-refractivity contribution in [2.24, 2.45) is 0 Å². The van der Waals surface area contributed by atoms with Crippen LogP contribution in [0.3, 0.4) is 0 Å². The average Bonchev–Trinajstić information content (AvgIpc) is 3.47. The molecule has 1 unspecified atom stereocenters. The highest BCUT2D eigenvalue weighted by Gasteiger charge is 2.19. The Bertz CT molecular complexity index is 1460. The average molecular weight is 1150 g/mol. The minimum atomic E-state index is -0.772. The van der Waals surface area contributed by atoms with Crippen molar-refractivity contribution in [2.45, 2.75) is 393 Å². The van der Waals surface area contributed by atoms with Crippen LogP contribution < -0.4 is 0 Å². The van der Waals surface area contributed by atoms with E-state index < -0.39 is 6.10 Å². The molecule has 0 N–H and O–H groups in total. The molecule has 0 saturated carbocycles. The van der Waals surface area contributed by atoms with E-state index in [9.17, 15) is 14.4 Å². The molecule has 0 amide bonds. The van der Waals surface area contributed by atoms with Crippen LogP contribution in [-0.2, 0) is 28.6 Å². The zero-order valence-electron chi connectivity index (χ0n) is 55.0. The summed E-state index contributed by atoms with van der Waals surface area (Å²) in [6.07, 6.45) is 91.8. The zero-order valence-corrected chi connectivity index (χ0v) is 55.0. The summed E-state index contributed by atoms with van der Waals surface area (Å²) in [5.41, 5.74) is 0. The van der Waals surface area contributed by atoms with Gasteiger partial charge in [-0.2, -0.15) is 0 Å². The molecule has 6 heteroatoms. The summed E-state index contributed by atoms with van der Waals surface area (Å²) in [6, 6.07) is 0. The van der Waals surface area contributed by atoms with Gasteiger partial charge in [0, 0.05) is 19.3 Å². The van der Waals surface area contributed by atoms with Crippen LogP contribution in [0.2, 0.25) is 0 Å². The molecule has 0 saturated heterocycles. The topological polar surface area (TPSA) is 78.9 Å². The van der Waals surface area contributed by atoms with E-state index in [2.05, 4.69) is 81.5 Å². The Morgan fingerprint density at radius 3 is 0.744 bits per heavy atom. The molecule has 0 heterocycles. The van der Waals surface area contributed by atoms with E-state index in [0.717, 1.165) is 96.3 Å². The molecule has 1 atom stereocenters. The number of rotatable bonds is 67. The zero-order chi connectivity index (χ0) is 59.2. The van der Waals surface area contributed by atoms with Gasteiger partial charge in [0.25, 0.3) is 0 Å². The van der Waals surface area contributed by atoms with Gasteiger partial charge in [0.15, 0.2) is 6.10 Å². The molecular formula is C76H138O6. The van der Waals surface area contributed by atoms with Gasteiger partial charge in [0.1, 0.15) is 13.2 Å². The van der Waals surface area contributed by atoms with Crippen molar-refractivity contribution < 1.29 is 28.6 Å². The van der Waals surface area contributed by atoms with Gasteiger partial charge in [-0.15, -0.1) is 0 Å². The molecule has 0 aromatic carbocycles. The van der Waals surface area contributed by atoms with Crippen molar-refractivity contribution in [1.29, 1.82) is 0 Å². The third-order valence-electron chi connectivity index (χ3n) is 16.3. The van der Waals surface area contributed by atoms with E-state index in [0.29, 0.717) is 19.3 Å². The second kappa shape index (κ2) is 70.6. The summed E-state index contributed by atoms with van der Waals surface area (Å²) in [5.74, 6) is -0.868. The van der Waals surface area contributed by atoms with Crippen molar-refractivity contribution in [2.75, 3.05) is 13.2 Å². The van der Waals surface area contributed by atoms with Crippen LogP contribution in [0, 0.1) is 0 Å². The molecule has 478 valence electrons. The molecule has 0 aliphatic rings. The fourth-order valence-corrected chi connectivity index (χ4v) is 10.9. The lowest BCUT2D eigenvalue weighted by Crippen LogP contribution is -2.30. The maximum Gasteiger partial charge on any atom is 0.306 e. The molecule has 0 aromatic heterocycles. The molecule has 6 nitrogen and oxygen atoms in total. The number of ether oxygens (including phenoxy) is 3. The van der Waals surface area contributed by atoms with Crippen LogP contribution >= 0.6 is 0 Å². The maximum atomic E-state index is 12.9. The Morgan fingerprint density at radius 2 is 0.476 bits per heavy atom. The number of unbranched alkanes of at least 4 members (excludes halogenated alkanes) is 46. The lowest BCUT2D eigenvalue weighted by Gasteiger charge is -2.18. The summed E-state index contributed by atoms with van der Waals surface area (Å²) in [4.78, 5) is 38.0. The van der Waals surface area contributed by atoms with E-state index in [1.54, 1.807) is 0 Å². The number of hydrogen-bond acceptors (Lipinski definition) is 6. The second-order valence-corrected chi connectivity index (χ2v) is 24.5. The van der Waals surface area contributed by atoms with E-state index >= 15 is 0 Å². The fraction of sp³-hybridized carbons (Fsp3) is 0.829. The minimum absolute atomic E-state index is 0.0711. The summed E-state index contributed by atoms with van der Waals surface area (Å²) in [6.45, 7) is 6.50. The second-order valence-electron chi connectivity index (χ2n) is 24.5. The Morgan fingerprint density at radius 1 is 0.256 bits per heavy atom. The molecule has 0 spiro atoms.